The monoisotopic (exact) mass is 318 g/mol. The summed E-state index contributed by atoms with van der Waals surface area (Å²) in [5.41, 5.74) is 8.81. The van der Waals surface area contributed by atoms with E-state index in [1.165, 1.54) is 0 Å². The molecule has 0 unspecified atom stereocenters. The predicted octanol–water partition coefficient (Wildman–Crippen LogP) is 1.88. The normalized spacial score (nSPS) is 11.1. The summed E-state index contributed by atoms with van der Waals surface area (Å²) in [6, 6.07) is 8.02. The Morgan fingerprint density at radius 3 is 2.70 bits per heavy atom. The first-order valence-electron chi connectivity index (χ1n) is 7.88. The number of aromatic amines is 1. The Morgan fingerprint density at radius 1 is 1.22 bits per heavy atom. The molecular weight excluding hydrogens is 292 g/mol. The van der Waals surface area contributed by atoms with Crippen molar-refractivity contribution in [3.8, 4) is 17.0 Å². The molecule has 6 nitrogen and oxygen atoms in total. The maximum atomic E-state index is 5.68. The van der Waals surface area contributed by atoms with E-state index in [2.05, 4.69) is 22.1 Å². The fourth-order valence-corrected chi connectivity index (χ4v) is 2.38. The number of hydrogen-bond donors (Lipinski definition) is 2. The number of likely N-dealkylation sites (N-methyl/N-ethyl adjacent to an activating group) is 1. The summed E-state index contributed by atoms with van der Waals surface area (Å²) in [6.07, 6.45) is 2.83. The largest absolute Gasteiger partial charge is 0.494 e. The van der Waals surface area contributed by atoms with Crippen LogP contribution in [0.2, 0.25) is 0 Å². The van der Waals surface area contributed by atoms with E-state index in [9.17, 15) is 0 Å². The van der Waals surface area contributed by atoms with E-state index in [0.717, 1.165) is 42.1 Å². The van der Waals surface area contributed by atoms with Gasteiger partial charge in [-0.3, -0.25) is 5.10 Å². The number of rotatable bonds is 10. The second-order valence-corrected chi connectivity index (χ2v) is 5.50. The zero-order valence-electron chi connectivity index (χ0n) is 13.9. The van der Waals surface area contributed by atoms with Crippen LogP contribution in [-0.2, 0) is 11.3 Å². The first-order chi connectivity index (χ1) is 11.2. The molecular formula is C17H26N4O2. The van der Waals surface area contributed by atoms with Crippen LogP contribution in [0.1, 0.15) is 12.0 Å². The molecule has 0 fully saturated rings. The van der Waals surface area contributed by atoms with Crippen molar-refractivity contribution in [3.05, 3.63) is 36.0 Å². The molecule has 0 atom stereocenters. The highest BCUT2D eigenvalue weighted by molar-refractivity contribution is 5.63. The van der Waals surface area contributed by atoms with Crippen molar-refractivity contribution in [1.82, 2.24) is 15.1 Å². The molecule has 6 heteroatoms. The number of hydrogen-bond acceptors (Lipinski definition) is 5. The highest BCUT2D eigenvalue weighted by atomic mass is 16.5. The minimum atomic E-state index is 0.652. The van der Waals surface area contributed by atoms with E-state index in [0.29, 0.717) is 19.8 Å². The minimum absolute atomic E-state index is 0.652. The van der Waals surface area contributed by atoms with Crippen molar-refractivity contribution >= 4 is 0 Å². The van der Waals surface area contributed by atoms with Crippen LogP contribution in [-0.4, -0.2) is 55.6 Å². The first-order valence-corrected chi connectivity index (χ1v) is 7.88. The van der Waals surface area contributed by atoms with Crippen LogP contribution in [0.3, 0.4) is 0 Å². The van der Waals surface area contributed by atoms with Crippen molar-refractivity contribution in [1.29, 1.82) is 0 Å². The van der Waals surface area contributed by atoms with E-state index in [1.54, 1.807) is 7.11 Å². The van der Waals surface area contributed by atoms with E-state index in [-0.39, 0.29) is 0 Å². The Balaban J connectivity index is 1.98. The third kappa shape index (κ3) is 5.35. The molecule has 0 aliphatic heterocycles. The summed E-state index contributed by atoms with van der Waals surface area (Å²) in [5, 5.41) is 7.33. The number of aromatic nitrogens is 2. The minimum Gasteiger partial charge on any atom is -0.494 e. The molecule has 1 aromatic heterocycles. The second-order valence-electron chi connectivity index (χ2n) is 5.50. The first kappa shape index (κ1) is 17.5. The van der Waals surface area contributed by atoms with Gasteiger partial charge in [-0.25, -0.2) is 0 Å². The van der Waals surface area contributed by atoms with Crippen LogP contribution >= 0.6 is 0 Å². The Kier molecular flexibility index (Phi) is 7.06. The van der Waals surface area contributed by atoms with Crippen LogP contribution in [0.5, 0.6) is 5.75 Å². The summed E-state index contributed by atoms with van der Waals surface area (Å²) < 4.78 is 10.7. The lowest BCUT2D eigenvalue weighted by Gasteiger charge is -2.15. The zero-order chi connectivity index (χ0) is 16.5. The predicted molar refractivity (Wildman–Crippen MR) is 91.4 cm³/mol. The molecule has 2 rings (SSSR count). The van der Waals surface area contributed by atoms with Crippen LogP contribution in [0.4, 0.5) is 0 Å². The number of nitrogens with two attached hydrogens (primary N) is 1. The van der Waals surface area contributed by atoms with Crippen LogP contribution in [0, 0.1) is 0 Å². The molecule has 0 amide bonds. The average Bonchev–Trinajstić information content (AvgIpc) is 3.00. The maximum absolute atomic E-state index is 5.68. The molecule has 126 valence electrons. The third-order valence-corrected chi connectivity index (χ3v) is 3.56. The fourth-order valence-electron chi connectivity index (χ4n) is 2.38. The van der Waals surface area contributed by atoms with E-state index in [4.69, 9.17) is 15.2 Å². The van der Waals surface area contributed by atoms with Gasteiger partial charge >= 0.3 is 0 Å². The van der Waals surface area contributed by atoms with Crippen LogP contribution < -0.4 is 10.5 Å². The standard InChI is InChI=1S/C17H26N4O2/c1-21(9-8-18)13-15-12-19-20-17(15)14-4-6-16(7-5-14)23-11-3-10-22-2/h4-7,12H,3,8-11,13,18H2,1-2H3,(H,19,20). The van der Waals surface area contributed by atoms with E-state index >= 15 is 0 Å². The van der Waals surface area contributed by atoms with E-state index in [1.807, 2.05) is 30.5 Å². The quantitative estimate of drug-likeness (QED) is 0.654. The summed E-state index contributed by atoms with van der Waals surface area (Å²) >= 11 is 0. The van der Waals surface area contributed by atoms with Gasteiger partial charge in [0, 0.05) is 57.1 Å². The summed E-state index contributed by atoms with van der Waals surface area (Å²) in [4.78, 5) is 2.18. The molecule has 0 saturated carbocycles. The molecule has 23 heavy (non-hydrogen) atoms. The highest BCUT2D eigenvalue weighted by Crippen LogP contribution is 2.24. The summed E-state index contributed by atoms with van der Waals surface area (Å²) in [6.45, 7) is 3.70. The lowest BCUT2D eigenvalue weighted by Crippen LogP contribution is -2.25. The van der Waals surface area contributed by atoms with Crippen molar-refractivity contribution in [2.24, 2.45) is 5.73 Å². The van der Waals surface area contributed by atoms with Crippen molar-refractivity contribution < 1.29 is 9.47 Å². The summed E-state index contributed by atoms with van der Waals surface area (Å²) in [7, 11) is 3.75. The molecule has 1 heterocycles. The number of nitrogens with one attached hydrogen (secondary N) is 1. The molecule has 3 N–H and O–H groups in total. The van der Waals surface area contributed by atoms with Crippen molar-refractivity contribution in [3.63, 3.8) is 0 Å². The maximum Gasteiger partial charge on any atom is 0.119 e. The van der Waals surface area contributed by atoms with Gasteiger partial charge in [0.05, 0.1) is 12.3 Å². The lowest BCUT2D eigenvalue weighted by atomic mass is 10.1. The Hall–Kier alpha value is -1.89. The second kappa shape index (κ2) is 9.29. The SMILES string of the molecule is COCCCOc1ccc(-c2n[nH]cc2CN(C)CCN)cc1. The number of nitrogens with zero attached hydrogens (tertiary/aromatic N) is 2. The number of ether oxygens (including phenoxy) is 2. The van der Waals surface area contributed by atoms with Gasteiger partial charge in [0.15, 0.2) is 0 Å². The van der Waals surface area contributed by atoms with Crippen LogP contribution in [0.15, 0.2) is 30.5 Å². The molecule has 0 bridgehead atoms. The molecule has 1 aromatic carbocycles. The van der Waals surface area contributed by atoms with Gasteiger partial charge in [-0.2, -0.15) is 5.10 Å². The Morgan fingerprint density at radius 2 is 2.00 bits per heavy atom. The molecule has 0 saturated heterocycles. The number of H-pyrrole nitrogens is 1. The molecule has 0 aliphatic carbocycles. The van der Waals surface area contributed by atoms with Crippen LogP contribution in [0.25, 0.3) is 11.3 Å². The average molecular weight is 318 g/mol. The molecule has 0 aliphatic rings. The number of benzene rings is 1. The van der Waals surface area contributed by atoms with Gasteiger partial charge < -0.3 is 20.1 Å². The van der Waals surface area contributed by atoms with Gasteiger partial charge in [0.1, 0.15) is 5.75 Å². The smallest absolute Gasteiger partial charge is 0.119 e. The van der Waals surface area contributed by atoms with Gasteiger partial charge in [0.2, 0.25) is 0 Å². The molecule has 2 aromatic rings. The Labute approximate surface area is 137 Å². The van der Waals surface area contributed by atoms with Crippen molar-refractivity contribution in [2.45, 2.75) is 13.0 Å². The number of methoxy groups -OCH3 is 1. The molecule has 0 radical (unpaired) electrons. The van der Waals surface area contributed by atoms with Gasteiger partial charge in [-0.05, 0) is 31.3 Å². The third-order valence-electron chi connectivity index (χ3n) is 3.56. The van der Waals surface area contributed by atoms with E-state index < -0.39 is 0 Å². The lowest BCUT2D eigenvalue weighted by molar-refractivity contribution is 0.172. The highest BCUT2D eigenvalue weighted by Gasteiger charge is 2.10. The molecule has 0 spiro atoms. The van der Waals surface area contributed by atoms with Gasteiger partial charge in [-0.15, -0.1) is 0 Å². The van der Waals surface area contributed by atoms with Crippen molar-refractivity contribution in [2.75, 3.05) is 40.5 Å². The Bertz CT molecular complexity index is 568. The fraction of sp³-hybridized carbons (Fsp3) is 0.471. The zero-order valence-corrected chi connectivity index (χ0v) is 13.9. The van der Waals surface area contributed by atoms with Gasteiger partial charge in [-0.1, -0.05) is 0 Å². The topological polar surface area (TPSA) is 76.4 Å². The summed E-state index contributed by atoms with van der Waals surface area (Å²) in [5.74, 6) is 0.863. The van der Waals surface area contributed by atoms with Gasteiger partial charge in [0.25, 0.3) is 0 Å².